The molecule has 3 aromatic rings. The molecule has 6 heteroatoms. The van der Waals surface area contributed by atoms with Gasteiger partial charge in [0.15, 0.2) is 0 Å². The Balaban J connectivity index is 1.47. The Hall–Kier alpha value is -2.86. The first-order chi connectivity index (χ1) is 12.2. The van der Waals surface area contributed by atoms with Crippen LogP contribution < -0.4 is 10.2 Å². The van der Waals surface area contributed by atoms with Crippen molar-refractivity contribution in [2.75, 3.05) is 36.5 Å². The fraction of sp³-hybridized carbons (Fsp3) is 0.211. The van der Waals surface area contributed by atoms with E-state index < -0.39 is 0 Å². The molecule has 1 aliphatic rings. The number of H-pyrrole nitrogens is 1. The third-order valence-corrected chi connectivity index (χ3v) is 4.33. The molecule has 0 bridgehead atoms. The molecule has 5 nitrogen and oxygen atoms in total. The number of ether oxygens (including phenoxy) is 1. The van der Waals surface area contributed by atoms with Crippen molar-refractivity contribution in [3.05, 3.63) is 60.0 Å². The van der Waals surface area contributed by atoms with E-state index in [9.17, 15) is 9.18 Å². The van der Waals surface area contributed by atoms with E-state index in [1.807, 2.05) is 24.3 Å². The summed E-state index contributed by atoms with van der Waals surface area (Å²) in [7, 11) is 0. The molecule has 1 saturated heterocycles. The molecule has 0 saturated carbocycles. The molecule has 1 aromatic heterocycles. The third kappa shape index (κ3) is 3.34. The Morgan fingerprint density at radius 1 is 1.08 bits per heavy atom. The van der Waals surface area contributed by atoms with Gasteiger partial charge in [0.1, 0.15) is 11.5 Å². The maximum atomic E-state index is 13.3. The molecule has 1 fully saturated rings. The second kappa shape index (κ2) is 6.57. The number of rotatable bonds is 3. The fourth-order valence-electron chi connectivity index (χ4n) is 3.00. The summed E-state index contributed by atoms with van der Waals surface area (Å²) in [6, 6.07) is 13.8. The van der Waals surface area contributed by atoms with Gasteiger partial charge >= 0.3 is 0 Å². The van der Waals surface area contributed by atoms with Gasteiger partial charge in [-0.05, 0) is 48.5 Å². The lowest BCUT2D eigenvalue weighted by Crippen LogP contribution is -2.36. The molecule has 0 aliphatic carbocycles. The quantitative estimate of drug-likeness (QED) is 0.769. The highest BCUT2D eigenvalue weighted by atomic mass is 19.1. The summed E-state index contributed by atoms with van der Waals surface area (Å²) in [5.41, 5.74) is 2.96. The average molecular weight is 339 g/mol. The van der Waals surface area contributed by atoms with E-state index in [1.54, 1.807) is 12.1 Å². The van der Waals surface area contributed by atoms with Crippen LogP contribution in [-0.2, 0) is 4.74 Å². The second-order valence-corrected chi connectivity index (χ2v) is 6.02. The zero-order chi connectivity index (χ0) is 17.2. The van der Waals surface area contributed by atoms with E-state index in [0.717, 1.165) is 37.5 Å². The number of nitrogens with zero attached hydrogens (tertiary/aromatic N) is 1. The van der Waals surface area contributed by atoms with Crippen molar-refractivity contribution < 1.29 is 13.9 Å². The molecule has 1 aliphatic heterocycles. The first-order valence-electron chi connectivity index (χ1n) is 8.21. The molecule has 0 atom stereocenters. The van der Waals surface area contributed by atoms with Gasteiger partial charge < -0.3 is 19.9 Å². The molecule has 128 valence electrons. The van der Waals surface area contributed by atoms with Crippen molar-refractivity contribution in [1.29, 1.82) is 0 Å². The van der Waals surface area contributed by atoms with Crippen molar-refractivity contribution in [2.24, 2.45) is 0 Å². The van der Waals surface area contributed by atoms with Gasteiger partial charge in [0.2, 0.25) is 0 Å². The highest BCUT2D eigenvalue weighted by molar-refractivity contribution is 6.06. The summed E-state index contributed by atoms with van der Waals surface area (Å²) in [6.07, 6.45) is 0. The van der Waals surface area contributed by atoms with Gasteiger partial charge in [0.25, 0.3) is 5.91 Å². The molecule has 1 amide bonds. The zero-order valence-corrected chi connectivity index (χ0v) is 13.6. The fourth-order valence-corrected chi connectivity index (χ4v) is 3.00. The number of carbonyl (C=O) groups is 1. The van der Waals surface area contributed by atoms with Crippen LogP contribution in [0.1, 0.15) is 10.5 Å². The number of hydrogen-bond acceptors (Lipinski definition) is 3. The number of halogens is 1. The monoisotopic (exact) mass is 339 g/mol. The number of anilines is 2. The normalized spacial score (nSPS) is 14.7. The van der Waals surface area contributed by atoms with Gasteiger partial charge in [-0.25, -0.2) is 4.39 Å². The summed E-state index contributed by atoms with van der Waals surface area (Å²) in [6.45, 7) is 3.22. The van der Waals surface area contributed by atoms with E-state index in [-0.39, 0.29) is 11.7 Å². The summed E-state index contributed by atoms with van der Waals surface area (Å²) in [4.78, 5) is 17.6. The minimum absolute atomic E-state index is 0.254. The number of aromatic amines is 1. The zero-order valence-electron chi connectivity index (χ0n) is 13.6. The molecule has 4 rings (SSSR count). The standard InChI is InChI=1S/C19H18FN3O2/c20-14-1-6-17-13(11-14)12-18(22-17)19(24)21-15-2-4-16(5-3-15)23-7-9-25-10-8-23/h1-6,11-12,22H,7-10H2,(H,21,24). The average Bonchev–Trinajstić information content (AvgIpc) is 3.06. The molecule has 2 aromatic carbocycles. The molecule has 0 spiro atoms. The van der Waals surface area contributed by atoms with Crippen LogP contribution in [0.5, 0.6) is 0 Å². The van der Waals surface area contributed by atoms with Crippen molar-refractivity contribution in [2.45, 2.75) is 0 Å². The van der Waals surface area contributed by atoms with Gasteiger partial charge in [-0.2, -0.15) is 0 Å². The summed E-state index contributed by atoms with van der Waals surface area (Å²) < 4.78 is 18.6. The van der Waals surface area contributed by atoms with Crippen LogP contribution in [0.4, 0.5) is 15.8 Å². The number of morpholine rings is 1. The van der Waals surface area contributed by atoms with Crippen molar-refractivity contribution in [1.82, 2.24) is 4.98 Å². The predicted octanol–water partition coefficient (Wildman–Crippen LogP) is 3.40. The van der Waals surface area contributed by atoms with Gasteiger partial charge in [-0.3, -0.25) is 4.79 Å². The summed E-state index contributed by atoms with van der Waals surface area (Å²) in [5, 5.41) is 3.53. The van der Waals surface area contributed by atoms with Crippen molar-refractivity contribution in [3.8, 4) is 0 Å². The number of benzene rings is 2. The van der Waals surface area contributed by atoms with Crippen molar-refractivity contribution in [3.63, 3.8) is 0 Å². The molecule has 2 N–H and O–H groups in total. The van der Waals surface area contributed by atoms with Gasteiger partial charge in [-0.15, -0.1) is 0 Å². The van der Waals surface area contributed by atoms with Crippen LogP contribution in [0.25, 0.3) is 10.9 Å². The number of aromatic nitrogens is 1. The van der Waals surface area contributed by atoms with E-state index >= 15 is 0 Å². The Morgan fingerprint density at radius 2 is 1.84 bits per heavy atom. The Kier molecular flexibility index (Phi) is 4.11. The predicted molar refractivity (Wildman–Crippen MR) is 95.7 cm³/mol. The summed E-state index contributed by atoms with van der Waals surface area (Å²) in [5.74, 6) is -0.576. The van der Waals surface area contributed by atoms with Crippen LogP contribution in [0, 0.1) is 5.82 Å². The SMILES string of the molecule is O=C(Nc1ccc(N2CCOCC2)cc1)c1cc2cc(F)ccc2[nH]1. The van der Waals surface area contributed by atoms with E-state index in [2.05, 4.69) is 15.2 Å². The minimum atomic E-state index is -0.322. The Labute approximate surface area is 144 Å². The molecule has 0 radical (unpaired) electrons. The Morgan fingerprint density at radius 3 is 2.60 bits per heavy atom. The van der Waals surface area contributed by atoms with E-state index in [0.29, 0.717) is 16.8 Å². The molecule has 2 heterocycles. The lowest BCUT2D eigenvalue weighted by atomic mass is 10.2. The highest BCUT2D eigenvalue weighted by Crippen LogP contribution is 2.21. The molecular weight excluding hydrogens is 321 g/mol. The number of amides is 1. The van der Waals surface area contributed by atoms with Crippen LogP contribution in [0.3, 0.4) is 0 Å². The van der Waals surface area contributed by atoms with Crippen LogP contribution in [0.2, 0.25) is 0 Å². The second-order valence-electron chi connectivity index (χ2n) is 6.02. The smallest absolute Gasteiger partial charge is 0.272 e. The van der Waals surface area contributed by atoms with Gasteiger partial charge in [-0.1, -0.05) is 0 Å². The van der Waals surface area contributed by atoms with Crippen LogP contribution in [0.15, 0.2) is 48.5 Å². The first kappa shape index (κ1) is 15.7. The number of hydrogen-bond donors (Lipinski definition) is 2. The summed E-state index contributed by atoms with van der Waals surface area (Å²) >= 11 is 0. The van der Waals surface area contributed by atoms with Crippen LogP contribution >= 0.6 is 0 Å². The number of fused-ring (bicyclic) bond motifs is 1. The van der Waals surface area contributed by atoms with Gasteiger partial charge in [0.05, 0.1) is 13.2 Å². The maximum Gasteiger partial charge on any atom is 0.272 e. The number of nitrogens with one attached hydrogen (secondary N) is 2. The highest BCUT2D eigenvalue weighted by Gasteiger charge is 2.13. The third-order valence-electron chi connectivity index (χ3n) is 4.33. The van der Waals surface area contributed by atoms with E-state index in [1.165, 1.54) is 12.1 Å². The van der Waals surface area contributed by atoms with E-state index in [4.69, 9.17) is 4.74 Å². The largest absolute Gasteiger partial charge is 0.378 e. The lowest BCUT2D eigenvalue weighted by molar-refractivity contribution is 0.102. The Bertz CT molecular complexity index is 899. The van der Waals surface area contributed by atoms with Crippen LogP contribution in [-0.4, -0.2) is 37.2 Å². The van der Waals surface area contributed by atoms with Gasteiger partial charge in [0, 0.05) is 35.4 Å². The number of carbonyl (C=O) groups excluding carboxylic acids is 1. The molecule has 0 unspecified atom stereocenters. The first-order valence-corrected chi connectivity index (χ1v) is 8.21. The lowest BCUT2D eigenvalue weighted by Gasteiger charge is -2.28. The minimum Gasteiger partial charge on any atom is -0.378 e. The maximum absolute atomic E-state index is 13.3. The molecule has 25 heavy (non-hydrogen) atoms. The topological polar surface area (TPSA) is 57.4 Å². The molecular formula is C19H18FN3O2. The van der Waals surface area contributed by atoms with Crippen molar-refractivity contribution >= 4 is 28.2 Å².